The first-order chi connectivity index (χ1) is 33.0. The molecular weight excluding hydrogens is 829 g/mol. The number of carbonyl (C=O) groups excluding carboxylic acids is 3. The molecule has 1 unspecified atom stereocenters. The molecule has 0 aliphatic carbocycles. The van der Waals surface area contributed by atoms with E-state index in [1.165, 1.54) is 103 Å². The van der Waals surface area contributed by atoms with Crippen molar-refractivity contribution in [2.24, 2.45) is 0 Å². The Morgan fingerprint density at radius 1 is 0.313 bits per heavy atom. The Labute approximate surface area is 413 Å². The van der Waals surface area contributed by atoms with Crippen LogP contribution in [0.2, 0.25) is 0 Å². The van der Waals surface area contributed by atoms with E-state index in [1.54, 1.807) is 0 Å². The third kappa shape index (κ3) is 53.2. The second-order valence-electron chi connectivity index (χ2n) is 18.1. The van der Waals surface area contributed by atoms with Crippen molar-refractivity contribution in [1.29, 1.82) is 0 Å². The molecule has 0 aromatic carbocycles. The van der Waals surface area contributed by atoms with Crippen LogP contribution in [0.15, 0.2) is 97.2 Å². The highest BCUT2D eigenvalue weighted by molar-refractivity contribution is 5.71. The number of esters is 3. The molecule has 0 heterocycles. The van der Waals surface area contributed by atoms with Crippen LogP contribution in [-0.4, -0.2) is 37.2 Å². The second-order valence-corrected chi connectivity index (χ2v) is 18.1. The molecule has 0 aliphatic rings. The summed E-state index contributed by atoms with van der Waals surface area (Å²) >= 11 is 0. The van der Waals surface area contributed by atoms with Gasteiger partial charge in [-0.05, 0) is 109 Å². The van der Waals surface area contributed by atoms with Gasteiger partial charge in [0.05, 0.1) is 0 Å². The third-order valence-electron chi connectivity index (χ3n) is 11.6. The highest BCUT2D eigenvalue weighted by Gasteiger charge is 2.19. The maximum atomic E-state index is 12.8. The minimum absolute atomic E-state index is 0.112. The molecule has 0 saturated carbocycles. The van der Waals surface area contributed by atoms with Crippen LogP contribution in [0.1, 0.15) is 252 Å². The van der Waals surface area contributed by atoms with Crippen LogP contribution < -0.4 is 0 Å². The summed E-state index contributed by atoms with van der Waals surface area (Å²) in [4.78, 5) is 38.0. The number of hydrogen-bond acceptors (Lipinski definition) is 6. The van der Waals surface area contributed by atoms with Crippen LogP contribution in [0.3, 0.4) is 0 Å². The summed E-state index contributed by atoms with van der Waals surface area (Å²) in [6.07, 6.45) is 72.6. The first kappa shape index (κ1) is 63.3. The average molecular weight is 931 g/mol. The van der Waals surface area contributed by atoms with Crippen LogP contribution >= 0.6 is 0 Å². The molecule has 0 aromatic rings. The Morgan fingerprint density at radius 3 is 1.01 bits per heavy atom. The maximum Gasteiger partial charge on any atom is 0.306 e. The summed E-state index contributed by atoms with van der Waals surface area (Å²) in [7, 11) is 0. The highest BCUT2D eigenvalue weighted by Crippen LogP contribution is 2.13. The van der Waals surface area contributed by atoms with Gasteiger partial charge in [-0.25, -0.2) is 0 Å². The zero-order valence-electron chi connectivity index (χ0n) is 43.6. The number of ether oxygens (including phenoxy) is 3. The first-order valence-electron chi connectivity index (χ1n) is 27.7. The fourth-order valence-corrected chi connectivity index (χ4v) is 7.40. The Hall–Kier alpha value is -3.67. The van der Waals surface area contributed by atoms with E-state index in [9.17, 15) is 14.4 Å². The lowest BCUT2D eigenvalue weighted by atomic mass is 10.1. The lowest BCUT2D eigenvalue weighted by Crippen LogP contribution is -2.30. The lowest BCUT2D eigenvalue weighted by molar-refractivity contribution is -0.166. The number of unbranched alkanes of at least 4 members (excludes halogenated alkanes) is 22. The number of allylic oxidation sites excluding steroid dienone is 16. The molecule has 1 atom stereocenters. The van der Waals surface area contributed by atoms with Gasteiger partial charge in [0.25, 0.3) is 0 Å². The molecule has 0 aliphatic heterocycles. The van der Waals surface area contributed by atoms with Crippen LogP contribution in [0, 0.1) is 0 Å². The molecular formula is C61H102O6. The second kappa shape index (κ2) is 54.9. The molecule has 67 heavy (non-hydrogen) atoms. The molecule has 0 saturated heterocycles. The monoisotopic (exact) mass is 931 g/mol. The van der Waals surface area contributed by atoms with Gasteiger partial charge in [0.15, 0.2) is 6.10 Å². The molecule has 382 valence electrons. The summed E-state index contributed by atoms with van der Waals surface area (Å²) in [6.45, 7) is 6.43. The van der Waals surface area contributed by atoms with Gasteiger partial charge in [-0.2, -0.15) is 0 Å². The van der Waals surface area contributed by atoms with Crippen molar-refractivity contribution in [2.45, 2.75) is 258 Å². The van der Waals surface area contributed by atoms with E-state index in [0.717, 1.165) is 103 Å². The molecule has 6 nitrogen and oxygen atoms in total. The van der Waals surface area contributed by atoms with Crippen molar-refractivity contribution >= 4 is 17.9 Å². The van der Waals surface area contributed by atoms with Gasteiger partial charge in [-0.15, -0.1) is 0 Å². The smallest absolute Gasteiger partial charge is 0.306 e. The highest BCUT2D eigenvalue weighted by atomic mass is 16.6. The normalized spacial score (nSPS) is 12.8. The molecule has 0 bridgehead atoms. The molecule has 0 rings (SSSR count). The molecule has 0 N–H and O–H groups in total. The Morgan fingerprint density at radius 2 is 0.612 bits per heavy atom. The molecule has 0 aromatic heterocycles. The SMILES string of the molecule is CC/C=C\C/C=C\C/C=C\C/C=C\C/C=C\C/C=C\CCC(=O)OCC(COC(=O)CCCCC/C=C\CCCCCCCCC)OC(=O)CCCCCCC/C=C\CCCCCCCCC. The molecule has 0 fully saturated rings. The van der Waals surface area contributed by atoms with Gasteiger partial charge in [-0.1, -0.05) is 221 Å². The van der Waals surface area contributed by atoms with Gasteiger partial charge in [0, 0.05) is 19.3 Å². The topological polar surface area (TPSA) is 78.9 Å². The van der Waals surface area contributed by atoms with Crippen molar-refractivity contribution in [2.75, 3.05) is 13.2 Å². The summed E-state index contributed by atoms with van der Waals surface area (Å²) < 4.78 is 16.7. The quantitative estimate of drug-likeness (QED) is 0.0262. The maximum absolute atomic E-state index is 12.8. The summed E-state index contributed by atoms with van der Waals surface area (Å²) in [5, 5.41) is 0. The van der Waals surface area contributed by atoms with Crippen LogP contribution in [0.5, 0.6) is 0 Å². The summed E-state index contributed by atoms with van der Waals surface area (Å²) in [5.74, 6) is -1.02. The van der Waals surface area contributed by atoms with Gasteiger partial charge < -0.3 is 14.2 Å². The Bertz CT molecular complexity index is 1350. The average Bonchev–Trinajstić information content (AvgIpc) is 3.33. The van der Waals surface area contributed by atoms with E-state index in [-0.39, 0.29) is 37.5 Å². The van der Waals surface area contributed by atoms with Gasteiger partial charge >= 0.3 is 17.9 Å². The zero-order valence-corrected chi connectivity index (χ0v) is 43.6. The van der Waals surface area contributed by atoms with E-state index < -0.39 is 6.10 Å². The fourth-order valence-electron chi connectivity index (χ4n) is 7.40. The van der Waals surface area contributed by atoms with E-state index in [2.05, 4.69) is 112 Å². The third-order valence-corrected chi connectivity index (χ3v) is 11.6. The number of hydrogen-bond donors (Lipinski definition) is 0. The van der Waals surface area contributed by atoms with Gasteiger partial charge in [0.1, 0.15) is 13.2 Å². The van der Waals surface area contributed by atoms with E-state index in [0.29, 0.717) is 19.3 Å². The number of carbonyl (C=O) groups is 3. The molecule has 0 spiro atoms. The minimum Gasteiger partial charge on any atom is -0.462 e. The van der Waals surface area contributed by atoms with Crippen LogP contribution in [0.25, 0.3) is 0 Å². The van der Waals surface area contributed by atoms with Crippen LogP contribution in [0.4, 0.5) is 0 Å². The van der Waals surface area contributed by atoms with E-state index in [1.807, 2.05) is 6.08 Å². The van der Waals surface area contributed by atoms with Crippen molar-refractivity contribution in [1.82, 2.24) is 0 Å². The van der Waals surface area contributed by atoms with Gasteiger partial charge in [0.2, 0.25) is 0 Å². The Kier molecular flexibility index (Phi) is 51.9. The first-order valence-corrected chi connectivity index (χ1v) is 27.7. The van der Waals surface area contributed by atoms with Crippen molar-refractivity contribution in [3.63, 3.8) is 0 Å². The Balaban J connectivity index is 4.53. The van der Waals surface area contributed by atoms with Crippen molar-refractivity contribution < 1.29 is 28.6 Å². The summed E-state index contributed by atoms with van der Waals surface area (Å²) in [5.41, 5.74) is 0. The fraction of sp³-hybridized carbons (Fsp3) is 0.689. The van der Waals surface area contributed by atoms with Crippen molar-refractivity contribution in [3.05, 3.63) is 97.2 Å². The van der Waals surface area contributed by atoms with Crippen molar-refractivity contribution in [3.8, 4) is 0 Å². The largest absolute Gasteiger partial charge is 0.462 e. The predicted molar refractivity (Wildman–Crippen MR) is 288 cm³/mol. The van der Waals surface area contributed by atoms with Gasteiger partial charge in [-0.3, -0.25) is 14.4 Å². The van der Waals surface area contributed by atoms with E-state index >= 15 is 0 Å². The standard InChI is InChI=1S/C61H102O6/c1-4-7-10-13-16-19-22-25-28-30-31-32-34-36-39-42-45-48-51-54-60(63)66-57-58(56-65-59(62)53-50-47-44-41-38-35-27-24-21-18-15-12-9-6-3)67-61(64)55-52-49-46-43-40-37-33-29-26-23-20-17-14-11-8-5-2/h7,10,16,19,25,28-29,31-33,35-36,38-39,45,48,58H,4-6,8-9,11-15,17-18,20-24,26-27,30,34,37,40-44,46-47,49-57H2,1-3H3/b10-7-,19-16-,28-25-,32-31-,33-29-,38-35-,39-36-,48-45-. The van der Waals surface area contributed by atoms with E-state index in [4.69, 9.17) is 14.2 Å². The lowest BCUT2D eigenvalue weighted by Gasteiger charge is -2.18. The molecule has 0 radical (unpaired) electrons. The van der Waals surface area contributed by atoms with Crippen LogP contribution in [-0.2, 0) is 28.6 Å². The summed E-state index contributed by atoms with van der Waals surface area (Å²) in [6, 6.07) is 0. The predicted octanol–water partition coefficient (Wildman–Crippen LogP) is 18.5. The molecule has 6 heteroatoms. The minimum atomic E-state index is -0.819. The molecule has 0 amide bonds. The number of rotatable bonds is 49. The zero-order chi connectivity index (χ0) is 48.6.